The van der Waals surface area contributed by atoms with E-state index in [1.165, 1.54) is 45.2 Å². The van der Waals surface area contributed by atoms with Crippen LogP contribution in [0.4, 0.5) is 0 Å². The highest BCUT2D eigenvalue weighted by atomic mass is 14.5. The van der Waals surface area contributed by atoms with E-state index in [2.05, 4.69) is 97.0 Å². The van der Waals surface area contributed by atoms with E-state index in [0.717, 1.165) is 16.7 Å². The van der Waals surface area contributed by atoms with Crippen LogP contribution in [0.1, 0.15) is 81.3 Å². The van der Waals surface area contributed by atoms with Crippen LogP contribution in [-0.2, 0) is 0 Å². The number of hydrogen-bond acceptors (Lipinski definition) is 2. The van der Waals surface area contributed by atoms with Gasteiger partial charge in [-0.05, 0) is 56.9 Å². The number of rotatable bonds is 6. The molecule has 2 nitrogen and oxygen atoms in total. The van der Waals surface area contributed by atoms with Crippen LogP contribution in [-0.4, -0.2) is 11.9 Å². The summed E-state index contributed by atoms with van der Waals surface area (Å²) in [6.45, 7) is 15.1. The van der Waals surface area contributed by atoms with Crippen LogP contribution >= 0.6 is 0 Å². The average molecular weight is 411 g/mol. The molecule has 3 aromatic carbocycles. The molecule has 0 fully saturated rings. The third-order valence-electron chi connectivity index (χ3n) is 6.18. The van der Waals surface area contributed by atoms with E-state index >= 15 is 0 Å². The van der Waals surface area contributed by atoms with Crippen molar-refractivity contribution in [1.82, 2.24) is 0 Å². The molecule has 0 bridgehead atoms. The first kappa shape index (κ1) is 22.7. The Labute approximate surface area is 187 Å². The van der Waals surface area contributed by atoms with Crippen molar-refractivity contribution in [2.75, 3.05) is 0 Å². The molecule has 3 rings (SSSR count). The highest BCUT2D eigenvalue weighted by molar-refractivity contribution is 6.36. The van der Waals surface area contributed by atoms with Crippen molar-refractivity contribution in [3.8, 4) is 0 Å². The first-order valence-corrected chi connectivity index (χ1v) is 11.0. The molecule has 0 aliphatic carbocycles. The lowest BCUT2D eigenvalue weighted by atomic mass is 9.79. The van der Waals surface area contributed by atoms with Crippen molar-refractivity contribution in [3.05, 3.63) is 104 Å². The van der Waals surface area contributed by atoms with Crippen LogP contribution < -0.4 is 0 Å². The van der Waals surface area contributed by atoms with Crippen LogP contribution in [0.15, 0.2) is 48.5 Å². The zero-order chi connectivity index (χ0) is 22.9. The zero-order valence-corrected chi connectivity index (χ0v) is 19.9. The molecule has 2 unspecified atom stereocenters. The van der Waals surface area contributed by atoms with Gasteiger partial charge in [0.25, 0.3) is 0 Å². The lowest BCUT2D eigenvalue weighted by Gasteiger charge is -2.25. The lowest BCUT2D eigenvalue weighted by Crippen LogP contribution is -2.15. The Morgan fingerprint density at radius 1 is 0.613 bits per heavy atom. The summed E-state index contributed by atoms with van der Waals surface area (Å²) in [6, 6.07) is 17.8. The van der Waals surface area contributed by atoms with Crippen LogP contribution in [0.3, 0.4) is 0 Å². The van der Waals surface area contributed by atoms with E-state index in [1.807, 2.05) is 0 Å². The van der Waals surface area contributed by atoms with Crippen LogP contribution in [0, 0.1) is 45.4 Å². The van der Waals surface area contributed by atoms with Gasteiger partial charge in [0.1, 0.15) is 0 Å². The molecule has 0 aromatic heterocycles. The molecule has 0 aliphatic heterocycles. The Morgan fingerprint density at radius 3 is 1.26 bits per heavy atom. The standard InChI is InChI=1S/C29H34N2/c1-17-8-18(2)11-24(10-17)22(6)26-14-21(5)15-27(29(26)28(31)16-30)23(7)25-12-19(3)9-20(4)13-25/h8-16,22-23,30-31H,1-7H3. The summed E-state index contributed by atoms with van der Waals surface area (Å²) < 4.78 is 0. The smallest absolute Gasteiger partial charge is 0.0793 e. The summed E-state index contributed by atoms with van der Waals surface area (Å²) in [7, 11) is 0. The van der Waals surface area contributed by atoms with Crippen molar-refractivity contribution < 1.29 is 0 Å². The van der Waals surface area contributed by atoms with Crippen molar-refractivity contribution in [2.24, 2.45) is 0 Å². The monoisotopic (exact) mass is 410 g/mol. The average Bonchev–Trinajstić information content (AvgIpc) is 2.70. The number of hydrogen-bond donors (Lipinski definition) is 2. The Hall–Kier alpha value is -3.00. The first-order valence-electron chi connectivity index (χ1n) is 11.0. The molecule has 0 heterocycles. The highest BCUT2D eigenvalue weighted by Gasteiger charge is 2.23. The fourth-order valence-electron chi connectivity index (χ4n) is 4.79. The lowest BCUT2D eigenvalue weighted by molar-refractivity contribution is 0.874. The van der Waals surface area contributed by atoms with Gasteiger partial charge in [0.15, 0.2) is 0 Å². The molecule has 2 heteroatoms. The van der Waals surface area contributed by atoms with Crippen molar-refractivity contribution in [1.29, 1.82) is 10.8 Å². The van der Waals surface area contributed by atoms with Crippen molar-refractivity contribution in [2.45, 2.75) is 60.3 Å². The van der Waals surface area contributed by atoms with Crippen LogP contribution in [0.5, 0.6) is 0 Å². The quantitative estimate of drug-likeness (QED) is 0.394. The normalized spacial score (nSPS) is 13.0. The Balaban J connectivity index is 2.24. The predicted octanol–water partition coefficient (Wildman–Crippen LogP) is 7.55. The molecule has 3 aromatic rings. The van der Waals surface area contributed by atoms with Gasteiger partial charge in [0.2, 0.25) is 0 Å². The second kappa shape index (κ2) is 9.01. The minimum absolute atomic E-state index is 0.138. The van der Waals surface area contributed by atoms with Gasteiger partial charge in [-0.2, -0.15) is 0 Å². The molecule has 2 atom stereocenters. The van der Waals surface area contributed by atoms with Crippen molar-refractivity contribution >= 4 is 11.9 Å². The summed E-state index contributed by atoms with van der Waals surface area (Å²) in [6.07, 6.45) is 1.18. The van der Waals surface area contributed by atoms with E-state index in [1.54, 1.807) is 0 Å². The second-order valence-corrected chi connectivity index (χ2v) is 9.16. The second-order valence-electron chi connectivity index (χ2n) is 9.16. The fourth-order valence-corrected chi connectivity index (χ4v) is 4.79. The number of benzene rings is 3. The van der Waals surface area contributed by atoms with Gasteiger partial charge in [0, 0.05) is 23.6 Å². The zero-order valence-electron chi connectivity index (χ0n) is 19.9. The SMILES string of the molecule is Cc1cc(C)cc(C(C)c2cc(C)cc(C(C)c3cc(C)cc(C)c3)c2C(=N)C=N)c1. The summed E-state index contributed by atoms with van der Waals surface area (Å²) in [5.74, 6) is 0.276. The summed E-state index contributed by atoms with van der Waals surface area (Å²) in [5.41, 5.74) is 12.2. The maximum absolute atomic E-state index is 8.67. The summed E-state index contributed by atoms with van der Waals surface area (Å²) >= 11 is 0. The molecular formula is C29H34N2. The van der Waals surface area contributed by atoms with E-state index in [-0.39, 0.29) is 17.5 Å². The Kier molecular flexibility index (Phi) is 6.59. The maximum atomic E-state index is 8.67. The minimum atomic E-state index is 0.138. The molecule has 0 aliphatic rings. The van der Waals surface area contributed by atoms with E-state index in [0.29, 0.717) is 0 Å². The Bertz CT molecular complexity index is 1030. The first-order chi connectivity index (χ1) is 14.6. The van der Waals surface area contributed by atoms with Crippen LogP contribution in [0.2, 0.25) is 0 Å². The number of nitrogens with one attached hydrogen (secondary N) is 2. The Morgan fingerprint density at radius 2 is 0.935 bits per heavy atom. The van der Waals surface area contributed by atoms with Gasteiger partial charge in [-0.15, -0.1) is 0 Å². The largest absolute Gasteiger partial charge is 0.307 e. The molecule has 0 radical (unpaired) electrons. The molecule has 0 saturated heterocycles. The fraction of sp³-hybridized carbons (Fsp3) is 0.310. The number of aryl methyl sites for hydroxylation is 5. The molecule has 31 heavy (non-hydrogen) atoms. The van der Waals surface area contributed by atoms with Gasteiger partial charge in [-0.25, -0.2) is 0 Å². The maximum Gasteiger partial charge on any atom is 0.0793 e. The molecule has 0 saturated carbocycles. The van der Waals surface area contributed by atoms with E-state index < -0.39 is 0 Å². The highest BCUT2D eigenvalue weighted by Crippen LogP contribution is 2.36. The van der Waals surface area contributed by atoms with Crippen LogP contribution in [0.25, 0.3) is 0 Å². The van der Waals surface area contributed by atoms with Crippen molar-refractivity contribution in [3.63, 3.8) is 0 Å². The summed E-state index contributed by atoms with van der Waals surface area (Å²) in [4.78, 5) is 0. The molecule has 2 N–H and O–H groups in total. The summed E-state index contributed by atoms with van der Waals surface area (Å²) in [5, 5.41) is 16.5. The minimum Gasteiger partial charge on any atom is -0.307 e. The van der Waals surface area contributed by atoms with Gasteiger partial charge in [-0.1, -0.05) is 90.2 Å². The van der Waals surface area contributed by atoms with Gasteiger partial charge < -0.3 is 5.41 Å². The predicted molar refractivity (Wildman–Crippen MR) is 134 cm³/mol. The topological polar surface area (TPSA) is 47.7 Å². The molecule has 0 spiro atoms. The van der Waals surface area contributed by atoms with E-state index in [9.17, 15) is 0 Å². The van der Waals surface area contributed by atoms with Gasteiger partial charge in [0.05, 0.1) is 5.71 Å². The van der Waals surface area contributed by atoms with Gasteiger partial charge in [-0.3, -0.25) is 5.41 Å². The molecule has 0 amide bonds. The molecule has 160 valence electrons. The van der Waals surface area contributed by atoms with Gasteiger partial charge >= 0.3 is 0 Å². The third-order valence-corrected chi connectivity index (χ3v) is 6.18. The molecular weight excluding hydrogens is 376 g/mol. The third kappa shape index (κ3) is 4.85. The van der Waals surface area contributed by atoms with E-state index in [4.69, 9.17) is 10.8 Å².